The van der Waals surface area contributed by atoms with E-state index in [2.05, 4.69) is 5.32 Å². The molecular weight excluding hydrogens is 406 g/mol. The molecule has 1 atom stereocenters. The maximum atomic E-state index is 13.1. The monoisotopic (exact) mass is 431 g/mol. The van der Waals surface area contributed by atoms with Gasteiger partial charge in [-0.3, -0.25) is 4.79 Å². The van der Waals surface area contributed by atoms with Crippen molar-refractivity contribution in [2.24, 2.45) is 0 Å². The Morgan fingerprint density at radius 1 is 1.09 bits per heavy atom. The third-order valence-electron chi connectivity index (χ3n) is 6.25. The molecule has 164 valence electrons. The molecule has 1 aliphatic heterocycles. The van der Waals surface area contributed by atoms with E-state index in [1.807, 2.05) is 41.9 Å². The van der Waals surface area contributed by atoms with E-state index in [0.717, 1.165) is 52.4 Å². The lowest BCUT2D eigenvalue weighted by molar-refractivity contribution is -0.116. The Morgan fingerprint density at radius 3 is 2.44 bits per heavy atom. The minimum atomic E-state index is -0.338. The highest BCUT2D eigenvalue weighted by molar-refractivity contribution is 6.01. The molecular formula is C25H25N3O4. The number of nitrogens with zero attached hydrogens (tertiary/aromatic N) is 2. The predicted octanol–water partition coefficient (Wildman–Crippen LogP) is 4.47. The number of methoxy groups -OCH3 is 2. The summed E-state index contributed by atoms with van der Waals surface area (Å²) in [7, 11) is 3.00. The molecule has 32 heavy (non-hydrogen) atoms. The number of aromatic hydroxyl groups is 1. The zero-order valence-electron chi connectivity index (χ0n) is 18.3. The quantitative estimate of drug-likeness (QED) is 0.634. The Labute approximate surface area is 186 Å². The van der Waals surface area contributed by atoms with Gasteiger partial charge < -0.3 is 19.9 Å². The third kappa shape index (κ3) is 3.04. The molecule has 0 bridgehead atoms. The number of phenolic OH excluding ortho intramolecular Hbond substituents is 1. The van der Waals surface area contributed by atoms with E-state index in [1.165, 1.54) is 14.2 Å². The number of rotatable bonds is 4. The fourth-order valence-electron chi connectivity index (χ4n) is 4.79. The van der Waals surface area contributed by atoms with Crippen molar-refractivity contribution in [1.82, 2.24) is 9.78 Å². The van der Waals surface area contributed by atoms with Crippen molar-refractivity contribution in [3.05, 3.63) is 70.6 Å². The summed E-state index contributed by atoms with van der Waals surface area (Å²) in [6.07, 6.45) is 2.13. The molecule has 0 saturated heterocycles. The Kier molecular flexibility index (Phi) is 4.89. The molecule has 0 spiro atoms. The number of allylic oxidation sites excluding steroid dienone is 2. The molecule has 2 aliphatic rings. The summed E-state index contributed by atoms with van der Waals surface area (Å²) in [5.41, 5.74) is 5.22. The Balaban J connectivity index is 1.78. The van der Waals surface area contributed by atoms with Crippen molar-refractivity contribution in [1.29, 1.82) is 0 Å². The Hall–Kier alpha value is -3.74. The second-order valence-electron chi connectivity index (χ2n) is 8.10. The zero-order chi connectivity index (χ0) is 22.4. The van der Waals surface area contributed by atoms with Crippen molar-refractivity contribution in [2.75, 3.05) is 19.5 Å². The van der Waals surface area contributed by atoms with Crippen LogP contribution >= 0.6 is 0 Å². The summed E-state index contributed by atoms with van der Waals surface area (Å²) in [4.78, 5) is 13.1. The molecule has 0 unspecified atom stereocenters. The van der Waals surface area contributed by atoms with Gasteiger partial charge in [-0.2, -0.15) is 5.10 Å². The van der Waals surface area contributed by atoms with Crippen LogP contribution in [0.1, 0.15) is 42.0 Å². The van der Waals surface area contributed by atoms with Crippen LogP contribution in [-0.4, -0.2) is 34.9 Å². The number of ketones is 1. The smallest absolute Gasteiger partial charge is 0.200 e. The maximum Gasteiger partial charge on any atom is 0.200 e. The van der Waals surface area contributed by atoms with Crippen LogP contribution in [0.3, 0.4) is 0 Å². The van der Waals surface area contributed by atoms with Gasteiger partial charge in [0.2, 0.25) is 5.75 Å². The molecule has 5 rings (SSSR count). The predicted molar refractivity (Wildman–Crippen MR) is 121 cm³/mol. The first-order valence-electron chi connectivity index (χ1n) is 10.7. The minimum absolute atomic E-state index is 0.0613. The number of para-hydroxylation sites is 1. The number of benzene rings is 2. The second kappa shape index (κ2) is 7.75. The van der Waals surface area contributed by atoms with Gasteiger partial charge in [0.15, 0.2) is 17.3 Å². The molecule has 0 fully saturated rings. The summed E-state index contributed by atoms with van der Waals surface area (Å²) < 4.78 is 12.7. The first-order chi connectivity index (χ1) is 15.5. The van der Waals surface area contributed by atoms with Gasteiger partial charge in [-0.15, -0.1) is 0 Å². The fraction of sp³-hybridized carbons (Fsp3) is 0.280. The fourth-order valence-corrected chi connectivity index (χ4v) is 4.79. The van der Waals surface area contributed by atoms with Crippen LogP contribution in [0.15, 0.2) is 53.7 Å². The summed E-state index contributed by atoms with van der Waals surface area (Å²) >= 11 is 0. The van der Waals surface area contributed by atoms with Crippen molar-refractivity contribution in [3.63, 3.8) is 0 Å². The van der Waals surface area contributed by atoms with Gasteiger partial charge in [0.1, 0.15) is 5.82 Å². The molecule has 7 nitrogen and oxygen atoms in total. The molecule has 0 saturated carbocycles. The molecule has 2 N–H and O–H groups in total. The highest BCUT2D eigenvalue weighted by Crippen LogP contribution is 2.50. The van der Waals surface area contributed by atoms with Crippen LogP contribution in [0.25, 0.3) is 5.69 Å². The number of ether oxygens (including phenoxy) is 2. The molecule has 1 aliphatic carbocycles. The largest absolute Gasteiger partial charge is 0.502 e. The van der Waals surface area contributed by atoms with Crippen LogP contribution in [0.5, 0.6) is 17.2 Å². The van der Waals surface area contributed by atoms with Gasteiger partial charge in [-0.1, -0.05) is 18.2 Å². The third-order valence-corrected chi connectivity index (χ3v) is 6.25. The van der Waals surface area contributed by atoms with Gasteiger partial charge in [-0.05, 0) is 49.6 Å². The van der Waals surface area contributed by atoms with E-state index >= 15 is 0 Å². The normalized spacial score (nSPS) is 17.5. The summed E-state index contributed by atoms with van der Waals surface area (Å²) in [5, 5.41) is 18.8. The van der Waals surface area contributed by atoms with Crippen molar-refractivity contribution >= 4 is 11.6 Å². The standard InChI is InChI=1S/C25H25N3O4/c1-14-21-22(15-12-19(31-2)24(30)20(13-15)32-3)23-17(10-7-11-18(23)29)26-25(21)28(27-14)16-8-5-4-6-9-16/h4-6,8-9,12-13,22,26,30H,7,10-11H2,1-3H3/t22-/m0/s1. The summed E-state index contributed by atoms with van der Waals surface area (Å²) in [6.45, 7) is 1.96. The van der Waals surface area contributed by atoms with Crippen molar-refractivity contribution in [2.45, 2.75) is 32.1 Å². The zero-order valence-corrected chi connectivity index (χ0v) is 18.3. The van der Waals surface area contributed by atoms with E-state index in [9.17, 15) is 9.90 Å². The first kappa shape index (κ1) is 20.2. The lowest BCUT2D eigenvalue weighted by Crippen LogP contribution is -2.27. The maximum absolute atomic E-state index is 13.1. The molecule has 2 aromatic carbocycles. The Morgan fingerprint density at radius 2 is 1.78 bits per heavy atom. The number of aryl methyl sites for hydroxylation is 1. The number of hydrogen-bond acceptors (Lipinski definition) is 6. The van der Waals surface area contributed by atoms with Crippen LogP contribution in [0.4, 0.5) is 5.82 Å². The lowest BCUT2D eigenvalue weighted by atomic mass is 9.76. The van der Waals surface area contributed by atoms with E-state index in [0.29, 0.717) is 17.9 Å². The average molecular weight is 431 g/mol. The highest BCUT2D eigenvalue weighted by Gasteiger charge is 2.39. The molecule has 3 aromatic rings. The topological polar surface area (TPSA) is 85.6 Å². The molecule has 0 amide bonds. The van der Waals surface area contributed by atoms with Gasteiger partial charge in [-0.25, -0.2) is 4.68 Å². The Bertz CT molecular complexity index is 1220. The van der Waals surface area contributed by atoms with Gasteiger partial charge in [0.25, 0.3) is 0 Å². The summed E-state index contributed by atoms with van der Waals surface area (Å²) in [6, 6.07) is 13.5. The number of anilines is 1. The summed E-state index contributed by atoms with van der Waals surface area (Å²) in [5.74, 6) is 1.20. The minimum Gasteiger partial charge on any atom is -0.502 e. The van der Waals surface area contributed by atoms with Crippen LogP contribution in [-0.2, 0) is 4.79 Å². The van der Waals surface area contributed by atoms with E-state index in [1.54, 1.807) is 12.1 Å². The number of Topliss-reactive ketones (excluding diaryl/α,β-unsaturated/α-hetero) is 1. The van der Waals surface area contributed by atoms with E-state index < -0.39 is 0 Å². The second-order valence-corrected chi connectivity index (χ2v) is 8.10. The SMILES string of the molecule is COc1cc([C@@H]2C3=C(CCCC3=O)Nc3c2c(C)nn3-c2ccccc2)cc(OC)c1O. The highest BCUT2D eigenvalue weighted by atomic mass is 16.5. The number of carbonyl (C=O) groups excluding carboxylic acids is 1. The van der Waals surface area contributed by atoms with Crippen molar-refractivity contribution < 1.29 is 19.4 Å². The number of carbonyl (C=O) groups is 1. The molecule has 0 radical (unpaired) electrons. The van der Waals surface area contributed by atoms with Crippen LogP contribution < -0.4 is 14.8 Å². The van der Waals surface area contributed by atoms with Crippen LogP contribution in [0, 0.1) is 6.92 Å². The number of nitrogens with one attached hydrogen (secondary N) is 1. The first-order valence-corrected chi connectivity index (χ1v) is 10.7. The number of aromatic nitrogens is 2. The van der Waals surface area contributed by atoms with Gasteiger partial charge >= 0.3 is 0 Å². The van der Waals surface area contributed by atoms with Crippen molar-refractivity contribution in [3.8, 4) is 22.9 Å². The lowest BCUT2D eigenvalue weighted by Gasteiger charge is -2.33. The van der Waals surface area contributed by atoms with Gasteiger partial charge in [0, 0.05) is 29.2 Å². The molecule has 7 heteroatoms. The number of phenols is 1. The van der Waals surface area contributed by atoms with Gasteiger partial charge in [0.05, 0.1) is 25.6 Å². The number of hydrogen-bond donors (Lipinski definition) is 2. The van der Waals surface area contributed by atoms with E-state index in [4.69, 9.17) is 14.6 Å². The van der Waals surface area contributed by atoms with E-state index in [-0.39, 0.29) is 17.5 Å². The van der Waals surface area contributed by atoms with Crippen LogP contribution in [0.2, 0.25) is 0 Å². The molecule has 2 heterocycles. The number of fused-ring (bicyclic) bond motifs is 1. The average Bonchev–Trinajstić information content (AvgIpc) is 3.15. The molecule has 1 aromatic heterocycles.